The Morgan fingerprint density at radius 3 is 2.40 bits per heavy atom. The quantitative estimate of drug-likeness (QED) is 0.353. The number of benzene rings is 2. The van der Waals surface area contributed by atoms with E-state index in [-0.39, 0.29) is 18.1 Å². The van der Waals surface area contributed by atoms with Crippen LogP contribution >= 0.6 is 0 Å². The van der Waals surface area contributed by atoms with Crippen LogP contribution in [0.3, 0.4) is 0 Å². The molecule has 8 nitrogen and oxygen atoms in total. The molecule has 1 fully saturated rings. The topological polar surface area (TPSA) is 114 Å². The molecule has 4 rings (SSSR count). The Morgan fingerprint density at radius 1 is 1.17 bits per heavy atom. The van der Waals surface area contributed by atoms with Gasteiger partial charge in [-0.3, -0.25) is 19.7 Å². The summed E-state index contributed by atoms with van der Waals surface area (Å²) in [5, 5.41) is 21.9. The molecular formula is C27H27N3O5. The van der Waals surface area contributed by atoms with Gasteiger partial charge >= 0.3 is 5.97 Å². The molecule has 1 saturated heterocycles. The zero-order valence-electron chi connectivity index (χ0n) is 20.1. The Bertz CT molecular complexity index is 1250. The van der Waals surface area contributed by atoms with Crippen molar-refractivity contribution in [2.24, 2.45) is 10.8 Å². The van der Waals surface area contributed by atoms with E-state index < -0.39 is 39.7 Å². The molecule has 2 aromatic rings. The Kier molecular flexibility index (Phi) is 5.97. The van der Waals surface area contributed by atoms with Gasteiger partial charge in [0.05, 0.1) is 29.7 Å². The Morgan fingerprint density at radius 2 is 1.83 bits per heavy atom. The molecule has 0 bridgehead atoms. The van der Waals surface area contributed by atoms with Crippen LogP contribution in [0.5, 0.6) is 0 Å². The number of Topliss-reactive ketones (excluding diaryl/α,β-unsaturated/α-hetero) is 1. The first-order valence-electron chi connectivity index (χ1n) is 11.5. The first-order valence-corrected chi connectivity index (χ1v) is 11.5. The highest BCUT2D eigenvalue weighted by Gasteiger charge is 2.67. The lowest BCUT2D eigenvalue weighted by Gasteiger charge is -2.37. The number of anilines is 1. The highest BCUT2D eigenvalue weighted by atomic mass is 16.6. The van der Waals surface area contributed by atoms with Crippen molar-refractivity contribution < 1.29 is 19.2 Å². The van der Waals surface area contributed by atoms with Crippen molar-refractivity contribution in [3.05, 3.63) is 75.8 Å². The Balaban J connectivity index is 2.04. The van der Waals surface area contributed by atoms with Crippen molar-refractivity contribution in [2.45, 2.75) is 45.7 Å². The largest absolute Gasteiger partial charge is 0.465 e. The number of non-ortho nitro benzene ring substituents is 1. The molecule has 0 aromatic heterocycles. The number of hydrogen-bond acceptors (Lipinski definition) is 7. The van der Waals surface area contributed by atoms with E-state index in [1.807, 2.05) is 35.2 Å². The van der Waals surface area contributed by atoms with Gasteiger partial charge in [-0.2, -0.15) is 5.26 Å². The van der Waals surface area contributed by atoms with E-state index in [1.165, 1.54) is 24.3 Å². The van der Waals surface area contributed by atoms with Crippen LogP contribution in [0.15, 0.2) is 54.6 Å². The molecule has 35 heavy (non-hydrogen) atoms. The number of esters is 1. The first-order chi connectivity index (χ1) is 16.6. The summed E-state index contributed by atoms with van der Waals surface area (Å²) < 4.78 is 5.44. The fraction of sp³-hybridized carbons (Fsp3) is 0.370. The summed E-state index contributed by atoms with van der Waals surface area (Å²) in [4.78, 5) is 40.3. The van der Waals surface area contributed by atoms with Crippen molar-refractivity contribution in [2.75, 3.05) is 11.5 Å². The second-order valence-corrected chi connectivity index (χ2v) is 9.86. The van der Waals surface area contributed by atoms with Crippen LogP contribution in [0.1, 0.15) is 44.7 Å². The minimum absolute atomic E-state index is 0.0696. The van der Waals surface area contributed by atoms with Gasteiger partial charge in [0.1, 0.15) is 0 Å². The van der Waals surface area contributed by atoms with Gasteiger partial charge in [-0.05, 0) is 24.1 Å². The highest BCUT2D eigenvalue weighted by Crippen LogP contribution is 2.57. The fourth-order valence-corrected chi connectivity index (χ4v) is 5.24. The smallest absolute Gasteiger partial charge is 0.329 e. The number of nitriles is 1. The second kappa shape index (κ2) is 8.66. The van der Waals surface area contributed by atoms with Crippen LogP contribution in [0.25, 0.3) is 6.08 Å². The molecule has 2 heterocycles. The van der Waals surface area contributed by atoms with Gasteiger partial charge in [0.15, 0.2) is 11.2 Å². The molecule has 180 valence electrons. The number of fused-ring (bicyclic) bond motifs is 3. The molecular weight excluding hydrogens is 446 g/mol. The number of carbonyl (C=O) groups excluding carboxylic acids is 2. The first kappa shape index (κ1) is 24.1. The fourth-order valence-electron chi connectivity index (χ4n) is 5.24. The molecule has 0 N–H and O–H groups in total. The van der Waals surface area contributed by atoms with Crippen LogP contribution < -0.4 is 4.90 Å². The number of nitrogens with zero attached hydrogens (tertiary/aromatic N) is 3. The van der Waals surface area contributed by atoms with E-state index in [0.29, 0.717) is 5.56 Å². The van der Waals surface area contributed by atoms with Crippen LogP contribution in [0.2, 0.25) is 0 Å². The number of nitro groups is 1. The molecule has 0 amide bonds. The van der Waals surface area contributed by atoms with Crippen LogP contribution in [-0.2, 0) is 14.3 Å². The molecule has 0 radical (unpaired) electrons. The number of ketones is 1. The van der Waals surface area contributed by atoms with Crippen molar-refractivity contribution in [1.29, 1.82) is 5.26 Å². The van der Waals surface area contributed by atoms with Crippen LogP contribution in [0, 0.1) is 32.3 Å². The molecule has 0 spiro atoms. The summed E-state index contributed by atoms with van der Waals surface area (Å²) in [5.41, 5.74) is -0.543. The number of rotatable bonds is 5. The normalized spacial score (nSPS) is 24.8. The average Bonchev–Trinajstić information content (AvgIpc) is 3.14. The Hall–Kier alpha value is -3.99. The number of para-hydroxylation sites is 1. The van der Waals surface area contributed by atoms with Crippen molar-refractivity contribution in [3.8, 4) is 6.07 Å². The van der Waals surface area contributed by atoms with E-state index in [0.717, 1.165) is 11.3 Å². The number of hydrogen-bond donors (Lipinski definition) is 0. The van der Waals surface area contributed by atoms with Gasteiger partial charge in [0.2, 0.25) is 0 Å². The standard InChI is InChI=1S/C27H27N3O5/c1-5-35-25(32)27(16-28)21-15-12-17-8-6-7-9-20(17)29(21)23(24(31)26(2,3)4)22(27)18-10-13-19(14-11-18)30(33)34/h6-15,21-23H,5H2,1-4H3/t21-,22+,23-,27-/m0/s1. The van der Waals surface area contributed by atoms with Crippen molar-refractivity contribution >= 4 is 29.2 Å². The van der Waals surface area contributed by atoms with E-state index in [9.17, 15) is 25.0 Å². The van der Waals surface area contributed by atoms with Crippen LogP contribution in [0.4, 0.5) is 11.4 Å². The van der Waals surface area contributed by atoms with Gasteiger partial charge in [0.25, 0.3) is 5.69 Å². The lowest BCUT2D eigenvalue weighted by Crippen LogP contribution is -2.48. The minimum atomic E-state index is -1.75. The SMILES string of the molecule is CCOC(=O)[C@]1(C#N)[C@H](c2ccc([N+](=O)[O-])cc2)[C@@H](C(=O)C(C)(C)C)N2c3ccccc3C=C[C@H]21. The van der Waals surface area contributed by atoms with Crippen molar-refractivity contribution in [3.63, 3.8) is 0 Å². The third kappa shape index (κ3) is 3.68. The predicted octanol–water partition coefficient (Wildman–Crippen LogP) is 4.65. The van der Waals surface area contributed by atoms with Gasteiger partial charge in [-0.15, -0.1) is 0 Å². The lowest BCUT2D eigenvalue weighted by molar-refractivity contribution is -0.384. The monoisotopic (exact) mass is 473 g/mol. The maximum Gasteiger partial charge on any atom is 0.329 e. The Labute approximate surface area is 204 Å². The number of nitro benzene ring substituents is 1. The summed E-state index contributed by atoms with van der Waals surface area (Å²) in [6, 6.07) is 13.9. The molecule has 2 aliphatic heterocycles. The maximum atomic E-state index is 14.0. The summed E-state index contributed by atoms with van der Waals surface area (Å²) in [6.45, 7) is 7.15. The zero-order valence-corrected chi connectivity index (χ0v) is 20.1. The molecule has 0 saturated carbocycles. The summed E-state index contributed by atoms with van der Waals surface area (Å²) in [5.74, 6) is -1.77. The van der Waals surface area contributed by atoms with E-state index in [4.69, 9.17) is 4.74 Å². The number of carbonyl (C=O) groups is 2. The summed E-state index contributed by atoms with van der Waals surface area (Å²) in [6.07, 6.45) is 3.65. The van der Waals surface area contributed by atoms with Gasteiger partial charge < -0.3 is 9.64 Å². The minimum Gasteiger partial charge on any atom is -0.465 e. The van der Waals surface area contributed by atoms with E-state index in [2.05, 4.69) is 6.07 Å². The average molecular weight is 474 g/mol. The third-order valence-corrected chi connectivity index (χ3v) is 6.81. The third-order valence-electron chi connectivity index (χ3n) is 6.81. The van der Waals surface area contributed by atoms with Crippen LogP contribution in [-0.4, -0.2) is 35.4 Å². The summed E-state index contributed by atoms with van der Waals surface area (Å²) >= 11 is 0. The second-order valence-electron chi connectivity index (χ2n) is 9.86. The molecule has 2 aliphatic rings. The zero-order chi connectivity index (χ0) is 25.5. The molecule has 0 aliphatic carbocycles. The predicted molar refractivity (Wildman–Crippen MR) is 131 cm³/mol. The van der Waals surface area contributed by atoms with Gasteiger partial charge in [-0.25, -0.2) is 0 Å². The molecule has 2 aromatic carbocycles. The van der Waals surface area contributed by atoms with Gasteiger partial charge in [-0.1, -0.05) is 63.3 Å². The van der Waals surface area contributed by atoms with E-state index >= 15 is 0 Å². The van der Waals surface area contributed by atoms with Gasteiger partial charge in [0, 0.05) is 29.2 Å². The highest BCUT2D eigenvalue weighted by molar-refractivity contribution is 5.99. The lowest BCUT2D eigenvalue weighted by atomic mass is 9.67. The molecule has 0 unspecified atom stereocenters. The summed E-state index contributed by atoms with van der Waals surface area (Å²) in [7, 11) is 0. The molecule has 8 heteroatoms. The molecule has 4 atom stereocenters. The maximum absolute atomic E-state index is 14.0. The number of ether oxygens (including phenoxy) is 1. The van der Waals surface area contributed by atoms with E-state index in [1.54, 1.807) is 33.8 Å². The van der Waals surface area contributed by atoms with Crippen molar-refractivity contribution in [1.82, 2.24) is 0 Å².